The summed E-state index contributed by atoms with van der Waals surface area (Å²) in [6.45, 7) is 9.49. The van der Waals surface area contributed by atoms with Crippen LogP contribution in [-0.2, 0) is 4.74 Å². The Hall–Kier alpha value is -1.70. The molecule has 0 radical (unpaired) electrons. The summed E-state index contributed by atoms with van der Waals surface area (Å²) in [7, 11) is 0. The molecule has 0 aromatic carbocycles. The fourth-order valence-corrected chi connectivity index (χ4v) is 3.16. The van der Waals surface area contributed by atoms with E-state index in [4.69, 9.17) is 16.3 Å². The predicted octanol–water partition coefficient (Wildman–Crippen LogP) is 1.88. The Morgan fingerprint density at radius 3 is 2.76 bits per heavy atom. The van der Waals surface area contributed by atoms with E-state index in [1.165, 1.54) is 0 Å². The minimum atomic E-state index is -0.130. The zero-order valence-electron chi connectivity index (χ0n) is 14.7. The van der Waals surface area contributed by atoms with Crippen LogP contribution >= 0.6 is 11.6 Å². The Bertz CT molecular complexity index is 740. The lowest BCUT2D eigenvalue weighted by Gasteiger charge is -2.34. The van der Waals surface area contributed by atoms with Crippen LogP contribution in [-0.4, -0.2) is 76.2 Å². The summed E-state index contributed by atoms with van der Waals surface area (Å²) in [6.07, 6.45) is 4.58. The normalized spacial score (nSPS) is 15.9. The van der Waals surface area contributed by atoms with Crippen LogP contribution in [0.3, 0.4) is 0 Å². The van der Waals surface area contributed by atoms with Gasteiger partial charge in [0.15, 0.2) is 11.3 Å². The van der Waals surface area contributed by atoms with E-state index < -0.39 is 0 Å². The van der Waals surface area contributed by atoms with Crippen molar-refractivity contribution in [1.29, 1.82) is 0 Å². The molecule has 7 nitrogen and oxygen atoms in total. The maximum Gasteiger partial charge on any atom is 0.276 e. The molecule has 1 fully saturated rings. The zero-order valence-corrected chi connectivity index (χ0v) is 15.5. The van der Waals surface area contributed by atoms with E-state index in [1.54, 1.807) is 10.7 Å². The number of hydrogen-bond acceptors (Lipinski definition) is 5. The van der Waals surface area contributed by atoms with Crippen LogP contribution in [0.2, 0.25) is 5.02 Å². The standard InChI is InChI=1S/C17H24ClN5O2/c1-3-9-25-10-8-21-4-6-22(7-5-21)17(24)15-14(18)16-19-11-13(2)12-23(16)20-15/h11-12H,3-10H2,1-2H3. The third kappa shape index (κ3) is 4.11. The average Bonchev–Trinajstić information content (AvgIpc) is 2.94. The molecule has 0 N–H and O–H groups in total. The van der Waals surface area contributed by atoms with E-state index in [-0.39, 0.29) is 11.6 Å². The van der Waals surface area contributed by atoms with Gasteiger partial charge in [-0.3, -0.25) is 9.69 Å². The van der Waals surface area contributed by atoms with Gasteiger partial charge >= 0.3 is 0 Å². The van der Waals surface area contributed by atoms with Crippen molar-refractivity contribution < 1.29 is 9.53 Å². The molecule has 3 rings (SSSR count). The number of ether oxygens (including phenoxy) is 1. The van der Waals surface area contributed by atoms with Crippen LogP contribution in [0, 0.1) is 6.92 Å². The summed E-state index contributed by atoms with van der Waals surface area (Å²) in [5, 5.41) is 4.65. The Kier molecular flexibility index (Phi) is 5.88. The van der Waals surface area contributed by atoms with Gasteiger partial charge in [0, 0.05) is 51.7 Å². The summed E-state index contributed by atoms with van der Waals surface area (Å²) in [5.74, 6) is -0.130. The zero-order chi connectivity index (χ0) is 17.8. The van der Waals surface area contributed by atoms with Crippen molar-refractivity contribution in [2.24, 2.45) is 0 Å². The number of aryl methyl sites for hydroxylation is 1. The second kappa shape index (κ2) is 8.12. The van der Waals surface area contributed by atoms with Crippen molar-refractivity contribution in [3.05, 3.63) is 28.7 Å². The topological polar surface area (TPSA) is 63.0 Å². The van der Waals surface area contributed by atoms with Crippen molar-refractivity contribution in [2.45, 2.75) is 20.3 Å². The smallest absolute Gasteiger partial charge is 0.276 e. The monoisotopic (exact) mass is 365 g/mol. The molecule has 0 saturated carbocycles. The van der Waals surface area contributed by atoms with Gasteiger partial charge in [-0.2, -0.15) is 5.10 Å². The number of halogens is 1. The van der Waals surface area contributed by atoms with Gasteiger partial charge in [-0.1, -0.05) is 18.5 Å². The maximum absolute atomic E-state index is 12.8. The van der Waals surface area contributed by atoms with Gasteiger partial charge in [0.25, 0.3) is 5.91 Å². The van der Waals surface area contributed by atoms with Crippen LogP contribution in [0.1, 0.15) is 29.4 Å². The van der Waals surface area contributed by atoms with Crippen molar-refractivity contribution >= 4 is 23.2 Å². The van der Waals surface area contributed by atoms with Crippen LogP contribution in [0.5, 0.6) is 0 Å². The molecule has 0 unspecified atom stereocenters. The summed E-state index contributed by atoms with van der Waals surface area (Å²) < 4.78 is 7.10. The Morgan fingerprint density at radius 2 is 2.04 bits per heavy atom. The van der Waals surface area contributed by atoms with Crippen LogP contribution < -0.4 is 0 Å². The van der Waals surface area contributed by atoms with Crippen LogP contribution in [0.15, 0.2) is 12.4 Å². The molecule has 0 aliphatic carbocycles. The summed E-state index contributed by atoms with van der Waals surface area (Å²) in [4.78, 5) is 21.2. The highest BCUT2D eigenvalue weighted by molar-refractivity contribution is 6.36. The highest BCUT2D eigenvalue weighted by atomic mass is 35.5. The van der Waals surface area contributed by atoms with Gasteiger partial charge in [-0.15, -0.1) is 0 Å². The Balaban J connectivity index is 1.60. The molecule has 1 aliphatic rings. The molecule has 136 valence electrons. The lowest BCUT2D eigenvalue weighted by Crippen LogP contribution is -2.49. The molecule has 1 aliphatic heterocycles. The van der Waals surface area contributed by atoms with Gasteiger partial charge in [0.05, 0.1) is 6.61 Å². The Labute approximate surface area is 152 Å². The number of hydrogen-bond donors (Lipinski definition) is 0. The summed E-state index contributed by atoms with van der Waals surface area (Å²) in [6, 6.07) is 0. The summed E-state index contributed by atoms with van der Waals surface area (Å²) >= 11 is 6.33. The third-order valence-corrected chi connectivity index (χ3v) is 4.66. The largest absolute Gasteiger partial charge is 0.380 e. The maximum atomic E-state index is 12.8. The van der Waals surface area contributed by atoms with E-state index in [0.717, 1.165) is 44.8 Å². The molecule has 1 amide bonds. The number of piperazine rings is 1. The number of aromatic nitrogens is 3. The Morgan fingerprint density at radius 1 is 1.28 bits per heavy atom. The van der Waals surface area contributed by atoms with Gasteiger partial charge in [-0.25, -0.2) is 9.50 Å². The van der Waals surface area contributed by atoms with E-state index in [2.05, 4.69) is 21.9 Å². The second-order valence-electron chi connectivity index (χ2n) is 6.31. The van der Waals surface area contributed by atoms with Crippen LogP contribution in [0.4, 0.5) is 0 Å². The second-order valence-corrected chi connectivity index (χ2v) is 6.69. The van der Waals surface area contributed by atoms with E-state index >= 15 is 0 Å². The first kappa shape index (κ1) is 18.1. The molecule has 8 heteroatoms. The predicted molar refractivity (Wildman–Crippen MR) is 96.2 cm³/mol. The number of carbonyl (C=O) groups excluding carboxylic acids is 1. The highest BCUT2D eigenvalue weighted by Crippen LogP contribution is 2.22. The van der Waals surface area contributed by atoms with Crippen molar-refractivity contribution in [3.8, 4) is 0 Å². The van der Waals surface area contributed by atoms with Crippen LogP contribution in [0.25, 0.3) is 5.65 Å². The molecular formula is C17H24ClN5O2. The molecule has 3 heterocycles. The summed E-state index contributed by atoms with van der Waals surface area (Å²) in [5.41, 5.74) is 1.76. The molecule has 0 atom stereocenters. The first-order valence-corrected chi connectivity index (χ1v) is 9.07. The van der Waals surface area contributed by atoms with E-state index in [9.17, 15) is 4.79 Å². The quantitative estimate of drug-likeness (QED) is 0.731. The number of rotatable bonds is 6. The number of nitrogens with zero attached hydrogens (tertiary/aromatic N) is 5. The molecule has 0 bridgehead atoms. The first-order chi connectivity index (χ1) is 12.1. The number of amides is 1. The van der Waals surface area contributed by atoms with Gasteiger partial charge in [0.2, 0.25) is 0 Å². The molecule has 2 aromatic heterocycles. The third-order valence-electron chi connectivity index (χ3n) is 4.31. The van der Waals surface area contributed by atoms with Crippen molar-refractivity contribution in [2.75, 3.05) is 45.9 Å². The number of fused-ring (bicyclic) bond motifs is 1. The minimum absolute atomic E-state index is 0.130. The lowest BCUT2D eigenvalue weighted by atomic mass is 10.2. The average molecular weight is 366 g/mol. The van der Waals surface area contributed by atoms with Crippen molar-refractivity contribution in [1.82, 2.24) is 24.4 Å². The van der Waals surface area contributed by atoms with Gasteiger partial charge < -0.3 is 9.64 Å². The number of carbonyl (C=O) groups is 1. The molecule has 25 heavy (non-hydrogen) atoms. The first-order valence-electron chi connectivity index (χ1n) is 8.70. The SMILES string of the molecule is CCCOCCN1CCN(C(=O)c2nn3cc(C)cnc3c2Cl)CC1. The lowest BCUT2D eigenvalue weighted by molar-refractivity contribution is 0.0547. The molecule has 0 spiro atoms. The van der Waals surface area contributed by atoms with Crippen molar-refractivity contribution in [3.63, 3.8) is 0 Å². The molecule has 2 aromatic rings. The molecule has 1 saturated heterocycles. The van der Waals surface area contributed by atoms with E-state index in [0.29, 0.717) is 23.8 Å². The van der Waals surface area contributed by atoms with E-state index in [1.807, 2.05) is 18.0 Å². The molecular weight excluding hydrogens is 342 g/mol. The fraction of sp³-hybridized carbons (Fsp3) is 0.588. The van der Waals surface area contributed by atoms with Gasteiger partial charge in [0.1, 0.15) is 5.02 Å². The fourth-order valence-electron chi connectivity index (χ4n) is 2.90. The highest BCUT2D eigenvalue weighted by Gasteiger charge is 2.27. The van der Waals surface area contributed by atoms with Gasteiger partial charge in [-0.05, 0) is 18.9 Å². The minimum Gasteiger partial charge on any atom is -0.380 e.